The molecule has 1 heterocycles. The third kappa shape index (κ3) is 6.66. The van der Waals surface area contributed by atoms with Crippen molar-refractivity contribution in [1.29, 1.82) is 0 Å². The van der Waals surface area contributed by atoms with E-state index in [1.165, 1.54) is 4.90 Å². The van der Waals surface area contributed by atoms with Crippen LogP contribution in [0.4, 0.5) is 22.9 Å². The van der Waals surface area contributed by atoms with Crippen molar-refractivity contribution in [1.82, 2.24) is 4.98 Å². The first-order chi connectivity index (χ1) is 15.2. The molecule has 0 aliphatic carbocycles. The van der Waals surface area contributed by atoms with Crippen molar-refractivity contribution >= 4 is 44.8 Å². The summed E-state index contributed by atoms with van der Waals surface area (Å²) in [4.78, 5) is 30.2. The summed E-state index contributed by atoms with van der Waals surface area (Å²) in [5, 5.41) is 15.5. The molecule has 0 saturated heterocycles. The minimum absolute atomic E-state index is 0.0490. The van der Waals surface area contributed by atoms with Gasteiger partial charge in [0.25, 0.3) is 0 Å². The van der Waals surface area contributed by atoms with Gasteiger partial charge in [-0.3, -0.25) is 14.9 Å². The zero-order valence-corrected chi connectivity index (χ0v) is 20.9. The summed E-state index contributed by atoms with van der Waals surface area (Å²) in [6.07, 6.45) is 2.95. The van der Waals surface area contributed by atoms with Crippen molar-refractivity contribution in [3.8, 4) is 0 Å². The number of aromatic nitrogens is 1. The van der Waals surface area contributed by atoms with E-state index in [1.807, 2.05) is 32.0 Å². The Labute approximate surface area is 197 Å². The van der Waals surface area contributed by atoms with Gasteiger partial charge in [-0.05, 0) is 73.8 Å². The lowest BCUT2D eigenvalue weighted by Gasteiger charge is -2.25. The molecule has 0 amide bonds. The molecule has 9 heteroatoms. The second-order valence-electron chi connectivity index (χ2n) is 7.77. The molecule has 0 aliphatic rings. The number of nitrogens with one attached hydrogen (secondary N) is 1. The average Bonchev–Trinajstić information content (AvgIpc) is 2.70. The van der Waals surface area contributed by atoms with Gasteiger partial charge in [-0.25, -0.2) is 4.98 Å². The van der Waals surface area contributed by atoms with Gasteiger partial charge in [-0.2, -0.15) is 0 Å². The molecule has 0 spiro atoms. The molecule has 0 saturated carbocycles. The summed E-state index contributed by atoms with van der Waals surface area (Å²) in [6.45, 7) is 9.55. The first-order valence-corrected chi connectivity index (χ1v) is 11.6. The molecule has 1 atom stereocenters. The summed E-state index contributed by atoms with van der Waals surface area (Å²) in [7, 11) is 0. The van der Waals surface area contributed by atoms with Crippen molar-refractivity contribution in [2.24, 2.45) is 0 Å². The Morgan fingerprint density at radius 2 is 2.03 bits per heavy atom. The number of ether oxygens (including phenoxy) is 1. The SMILES string of the molecule is CCCCC(C)Nc1cc(C)nc(N(CC(=O)OCC)c2ccc(C)cc2Br)c1[N+](=O)[O-]. The third-order valence-electron chi connectivity index (χ3n) is 4.92. The smallest absolute Gasteiger partial charge is 0.334 e. The highest BCUT2D eigenvalue weighted by Crippen LogP contribution is 2.40. The van der Waals surface area contributed by atoms with Crippen molar-refractivity contribution in [2.45, 2.75) is 59.9 Å². The van der Waals surface area contributed by atoms with Gasteiger partial charge in [0.15, 0.2) is 0 Å². The minimum Gasteiger partial charge on any atom is -0.465 e. The van der Waals surface area contributed by atoms with E-state index in [2.05, 4.69) is 33.2 Å². The number of hydrogen-bond donors (Lipinski definition) is 1. The fraction of sp³-hybridized carbons (Fsp3) is 0.478. The highest BCUT2D eigenvalue weighted by molar-refractivity contribution is 9.10. The highest BCUT2D eigenvalue weighted by atomic mass is 79.9. The number of carbonyl (C=O) groups is 1. The van der Waals surface area contributed by atoms with Crippen LogP contribution in [-0.4, -0.2) is 35.1 Å². The van der Waals surface area contributed by atoms with Crippen LogP contribution in [-0.2, 0) is 9.53 Å². The molecule has 2 aromatic rings. The van der Waals surface area contributed by atoms with Crippen molar-refractivity contribution < 1.29 is 14.5 Å². The predicted octanol–water partition coefficient (Wildman–Crippen LogP) is 6.06. The molecule has 174 valence electrons. The number of aryl methyl sites for hydroxylation is 2. The number of esters is 1. The molecule has 0 radical (unpaired) electrons. The Bertz CT molecular complexity index is 967. The molecule has 1 aromatic carbocycles. The fourth-order valence-electron chi connectivity index (χ4n) is 3.42. The zero-order valence-electron chi connectivity index (χ0n) is 19.3. The monoisotopic (exact) mass is 506 g/mol. The number of anilines is 3. The van der Waals surface area contributed by atoms with E-state index < -0.39 is 10.9 Å². The van der Waals surface area contributed by atoms with Gasteiger partial charge in [0, 0.05) is 16.2 Å². The van der Waals surface area contributed by atoms with Crippen LogP contribution in [0.15, 0.2) is 28.7 Å². The van der Waals surface area contributed by atoms with Gasteiger partial charge >= 0.3 is 11.7 Å². The summed E-state index contributed by atoms with van der Waals surface area (Å²) < 4.78 is 5.84. The van der Waals surface area contributed by atoms with E-state index in [4.69, 9.17) is 4.74 Å². The maximum atomic E-state index is 12.4. The molecule has 0 fully saturated rings. The zero-order chi connectivity index (χ0) is 23.8. The van der Waals surface area contributed by atoms with E-state index >= 15 is 0 Å². The third-order valence-corrected chi connectivity index (χ3v) is 5.55. The fourth-order valence-corrected chi connectivity index (χ4v) is 4.12. The normalized spacial score (nSPS) is 11.7. The predicted molar refractivity (Wildman–Crippen MR) is 131 cm³/mol. The van der Waals surface area contributed by atoms with E-state index in [-0.39, 0.29) is 30.7 Å². The molecule has 1 aromatic heterocycles. The molecule has 0 aliphatic heterocycles. The Morgan fingerprint density at radius 1 is 1.31 bits per heavy atom. The Kier molecular flexibility index (Phi) is 9.43. The molecular weight excluding hydrogens is 476 g/mol. The first kappa shape index (κ1) is 25.6. The van der Waals surface area contributed by atoms with Gasteiger partial charge in [0.2, 0.25) is 5.82 Å². The number of unbranched alkanes of at least 4 members (excludes halogenated alkanes) is 1. The number of hydrogen-bond acceptors (Lipinski definition) is 7. The van der Waals surface area contributed by atoms with Crippen LogP contribution in [0, 0.1) is 24.0 Å². The van der Waals surface area contributed by atoms with Crippen LogP contribution in [0.1, 0.15) is 51.3 Å². The van der Waals surface area contributed by atoms with Gasteiger partial charge in [-0.15, -0.1) is 0 Å². The second kappa shape index (κ2) is 11.8. The number of rotatable bonds is 11. The summed E-state index contributed by atoms with van der Waals surface area (Å²) in [5.74, 6) is -0.402. The summed E-state index contributed by atoms with van der Waals surface area (Å²) in [5.41, 5.74) is 2.42. The maximum Gasteiger partial charge on any atom is 0.334 e. The lowest BCUT2D eigenvalue weighted by molar-refractivity contribution is -0.383. The van der Waals surface area contributed by atoms with Crippen LogP contribution < -0.4 is 10.2 Å². The van der Waals surface area contributed by atoms with Crippen LogP contribution in [0.25, 0.3) is 0 Å². The van der Waals surface area contributed by atoms with Crippen LogP contribution in [0.5, 0.6) is 0 Å². The Balaban J connectivity index is 2.65. The molecule has 8 nitrogen and oxygen atoms in total. The van der Waals surface area contributed by atoms with Gasteiger partial charge in [0.1, 0.15) is 12.2 Å². The topological polar surface area (TPSA) is 97.6 Å². The highest BCUT2D eigenvalue weighted by Gasteiger charge is 2.30. The van der Waals surface area contributed by atoms with E-state index in [0.717, 1.165) is 24.8 Å². The number of carbonyl (C=O) groups excluding carboxylic acids is 1. The lowest BCUT2D eigenvalue weighted by Crippen LogP contribution is -2.29. The molecule has 32 heavy (non-hydrogen) atoms. The summed E-state index contributed by atoms with van der Waals surface area (Å²) >= 11 is 3.53. The van der Waals surface area contributed by atoms with Crippen LogP contribution in [0.3, 0.4) is 0 Å². The van der Waals surface area contributed by atoms with E-state index in [1.54, 1.807) is 19.9 Å². The van der Waals surface area contributed by atoms with Gasteiger partial charge in [-0.1, -0.05) is 25.8 Å². The Morgan fingerprint density at radius 3 is 2.62 bits per heavy atom. The second-order valence-corrected chi connectivity index (χ2v) is 8.63. The van der Waals surface area contributed by atoms with Crippen LogP contribution >= 0.6 is 15.9 Å². The molecule has 1 N–H and O–H groups in total. The molecule has 1 unspecified atom stereocenters. The molecule has 0 bridgehead atoms. The number of benzene rings is 1. The average molecular weight is 507 g/mol. The lowest BCUT2D eigenvalue weighted by atomic mass is 10.1. The van der Waals surface area contributed by atoms with Crippen molar-refractivity contribution in [3.05, 3.63) is 50.1 Å². The number of halogens is 1. The minimum atomic E-state index is -0.497. The Hall–Kier alpha value is -2.68. The van der Waals surface area contributed by atoms with Crippen LogP contribution in [0.2, 0.25) is 0 Å². The molecular formula is C23H31BrN4O4. The molecule has 2 rings (SSSR count). The van der Waals surface area contributed by atoms with Crippen molar-refractivity contribution in [3.63, 3.8) is 0 Å². The van der Waals surface area contributed by atoms with Gasteiger partial charge in [0.05, 0.1) is 17.2 Å². The quantitative estimate of drug-likeness (QED) is 0.224. The van der Waals surface area contributed by atoms with Crippen molar-refractivity contribution in [2.75, 3.05) is 23.4 Å². The number of nitro groups is 1. The standard InChI is InChI=1S/C23H31BrN4O4/c1-6-8-9-16(4)25-19-13-17(5)26-23(22(19)28(30)31)27(14-21(29)32-7-2)20-11-10-15(3)12-18(20)24/h10-13,16H,6-9,14H2,1-5H3,(H,25,26). The maximum absolute atomic E-state index is 12.4. The first-order valence-electron chi connectivity index (χ1n) is 10.8. The largest absolute Gasteiger partial charge is 0.465 e. The number of pyridine rings is 1. The van der Waals surface area contributed by atoms with Gasteiger partial charge < -0.3 is 15.0 Å². The van der Waals surface area contributed by atoms with E-state index in [9.17, 15) is 14.9 Å². The van der Waals surface area contributed by atoms with E-state index in [0.29, 0.717) is 21.5 Å². The number of nitrogens with zero attached hydrogens (tertiary/aromatic N) is 3. The summed E-state index contributed by atoms with van der Waals surface area (Å²) in [6, 6.07) is 7.31.